The quantitative estimate of drug-likeness (QED) is 0.159. The van der Waals surface area contributed by atoms with Crippen LogP contribution in [0.5, 0.6) is 0 Å². The number of benzene rings is 12. The summed E-state index contributed by atoms with van der Waals surface area (Å²) in [7, 11) is 0. The standard InChI is InChI=1S/C64H40N2S2/c1-2-18-43-38-44(33-32-41(43)16-1)48-21-5-6-22-49(48)63-51-36-34-46(66-57-26-9-13-30-61(57)68-62-31-14-10-27-58(62)66)40-54(51)64(50-23-15-19-42-17-3-4-20-47(42)50)52-37-35-45(39-53(52)63)65-55-24-7-11-28-59(55)67-60-29-12-8-25-56(60)65/h1-40H. The lowest BCUT2D eigenvalue weighted by Gasteiger charge is -2.34. The first kappa shape index (κ1) is 39.2. The van der Waals surface area contributed by atoms with Crippen molar-refractivity contribution in [1.82, 2.24) is 0 Å². The van der Waals surface area contributed by atoms with Crippen LogP contribution in [0.4, 0.5) is 34.1 Å². The Balaban J connectivity index is 1.12. The summed E-state index contributed by atoms with van der Waals surface area (Å²) in [5.74, 6) is 0. The molecule has 318 valence electrons. The van der Waals surface area contributed by atoms with Crippen molar-refractivity contribution >= 4 is 101 Å². The molecule has 0 bridgehead atoms. The number of hydrogen-bond acceptors (Lipinski definition) is 4. The molecule has 68 heavy (non-hydrogen) atoms. The molecule has 14 rings (SSSR count). The van der Waals surface area contributed by atoms with Gasteiger partial charge in [0.15, 0.2) is 0 Å². The molecule has 0 saturated heterocycles. The molecule has 0 spiro atoms. The highest BCUT2D eigenvalue weighted by molar-refractivity contribution is 8.00. The van der Waals surface area contributed by atoms with Crippen LogP contribution in [0, 0.1) is 0 Å². The summed E-state index contributed by atoms with van der Waals surface area (Å²) in [6, 6.07) is 90.0. The third-order valence-electron chi connectivity index (χ3n) is 13.8. The van der Waals surface area contributed by atoms with Gasteiger partial charge in [-0.1, -0.05) is 187 Å². The van der Waals surface area contributed by atoms with Crippen LogP contribution < -0.4 is 9.80 Å². The predicted molar refractivity (Wildman–Crippen MR) is 290 cm³/mol. The fraction of sp³-hybridized carbons (Fsp3) is 0. The van der Waals surface area contributed by atoms with Crippen LogP contribution in [0.3, 0.4) is 0 Å². The third-order valence-corrected chi connectivity index (χ3v) is 16.0. The number of nitrogens with zero attached hydrogens (tertiary/aromatic N) is 2. The van der Waals surface area contributed by atoms with E-state index in [2.05, 4.69) is 252 Å². The Morgan fingerprint density at radius 2 is 0.676 bits per heavy atom. The van der Waals surface area contributed by atoms with Crippen LogP contribution in [-0.2, 0) is 0 Å². The summed E-state index contributed by atoms with van der Waals surface area (Å²) in [6.07, 6.45) is 0. The molecule has 12 aromatic rings. The molecule has 0 aromatic heterocycles. The Labute approximate surface area is 403 Å². The van der Waals surface area contributed by atoms with Crippen molar-refractivity contribution in [3.63, 3.8) is 0 Å². The predicted octanol–water partition coefficient (Wildman–Crippen LogP) is 19.2. The number of hydrogen-bond donors (Lipinski definition) is 0. The average molecular weight is 901 g/mol. The van der Waals surface area contributed by atoms with E-state index < -0.39 is 0 Å². The van der Waals surface area contributed by atoms with Crippen LogP contribution in [0.1, 0.15) is 0 Å². The van der Waals surface area contributed by atoms with Crippen LogP contribution in [0.2, 0.25) is 0 Å². The summed E-state index contributed by atoms with van der Waals surface area (Å²) in [5, 5.41) is 9.75. The van der Waals surface area contributed by atoms with E-state index >= 15 is 0 Å². The van der Waals surface area contributed by atoms with Crippen molar-refractivity contribution < 1.29 is 0 Å². The number of para-hydroxylation sites is 4. The highest BCUT2D eigenvalue weighted by Crippen LogP contribution is 2.56. The first-order valence-electron chi connectivity index (χ1n) is 23.2. The molecule has 12 aromatic carbocycles. The molecule has 2 aliphatic heterocycles. The zero-order valence-electron chi connectivity index (χ0n) is 36.8. The third kappa shape index (κ3) is 6.22. The van der Waals surface area contributed by atoms with Gasteiger partial charge < -0.3 is 9.80 Å². The van der Waals surface area contributed by atoms with Crippen LogP contribution in [-0.4, -0.2) is 0 Å². The Morgan fingerprint density at radius 3 is 1.25 bits per heavy atom. The Hall–Kier alpha value is -8.02. The monoisotopic (exact) mass is 900 g/mol. The number of anilines is 6. The van der Waals surface area contributed by atoms with Gasteiger partial charge in [-0.2, -0.15) is 0 Å². The van der Waals surface area contributed by atoms with Crippen molar-refractivity contribution in [3.8, 4) is 33.4 Å². The number of rotatable bonds is 5. The minimum Gasteiger partial charge on any atom is -0.308 e. The summed E-state index contributed by atoms with van der Waals surface area (Å²) < 4.78 is 0. The second-order valence-electron chi connectivity index (χ2n) is 17.6. The van der Waals surface area contributed by atoms with E-state index in [0.29, 0.717) is 0 Å². The molecule has 4 heteroatoms. The fourth-order valence-corrected chi connectivity index (χ4v) is 12.9. The molecule has 0 fully saturated rings. The van der Waals surface area contributed by atoms with Gasteiger partial charge in [0.05, 0.1) is 22.7 Å². The van der Waals surface area contributed by atoms with Crippen molar-refractivity contribution in [2.75, 3.05) is 9.80 Å². The van der Waals surface area contributed by atoms with Crippen molar-refractivity contribution in [3.05, 3.63) is 243 Å². The highest BCUT2D eigenvalue weighted by atomic mass is 32.2. The highest BCUT2D eigenvalue weighted by Gasteiger charge is 2.29. The van der Waals surface area contributed by atoms with Gasteiger partial charge in [-0.25, -0.2) is 0 Å². The molecule has 0 amide bonds. The molecule has 0 saturated carbocycles. The van der Waals surface area contributed by atoms with E-state index in [9.17, 15) is 0 Å². The maximum atomic E-state index is 2.47. The Morgan fingerprint density at radius 1 is 0.250 bits per heavy atom. The number of fused-ring (bicyclic) bond motifs is 8. The lowest BCUT2D eigenvalue weighted by molar-refractivity contribution is 1.17. The first-order valence-corrected chi connectivity index (χ1v) is 24.8. The molecule has 0 unspecified atom stereocenters. The lowest BCUT2D eigenvalue weighted by atomic mass is 9.82. The normalized spacial score (nSPS) is 12.8. The lowest BCUT2D eigenvalue weighted by Crippen LogP contribution is -2.15. The minimum absolute atomic E-state index is 1.13. The smallest absolute Gasteiger partial charge is 0.0601 e. The van der Waals surface area contributed by atoms with E-state index in [1.165, 1.54) is 119 Å². The van der Waals surface area contributed by atoms with Gasteiger partial charge in [-0.05, 0) is 155 Å². The molecular formula is C64H40N2S2. The minimum atomic E-state index is 1.13. The van der Waals surface area contributed by atoms with Gasteiger partial charge in [0.25, 0.3) is 0 Å². The molecule has 2 aliphatic rings. The summed E-state index contributed by atoms with van der Waals surface area (Å²) in [5.41, 5.74) is 14.3. The molecule has 0 atom stereocenters. The van der Waals surface area contributed by atoms with E-state index in [1.807, 2.05) is 23.5 Å². The fourth-order valence-electron chi connectivity index (χ4n) is 10.8. The molecular weight excluding hydrogens is 861 g/mol. The van der Waals surface area contributed by atoms with Crippen molar-refractivity contribution in [1.29, 1.82) is 0 Å². The molecule has 0 aliphatic carbocycles. The second kappa shape index (κ2) is 15.8. The molecule has 2 nitrogen and oxygen atoms in total. The van der Waals surface area contributed by atoms with Gasteiger partial charge in [0.1, 0.15) is 0 Å². The largest absolute Gasteiger partial charge is 0.308 e. The summed E-state index contributed by atoms with van der Waals surface area (Å²) in [6.45, 7) is 0. The van der Waals surface area contributed by atoms with Gasteiger partial charge >= 0.3 is 0 Å². The summed E-state index contributed by atoms with van der Waals surface area (Å²) >= 11 is 3.69. The average Bonchev–Trinajstić information content (AvgIpc) is 3.40. The maximum Gasteiger partial charge on any atom is 0.0601 e. The van der Waals surface area contributed by atoms with Crippen LogP contribution >= 0.6 is 23.5 Å². The van der Waals surface area contributed by atoms with Crippen LogP contribution in [0.25, 0.3) is 76.5 Å². The van der Waals surface area contributed by atoms with Gasteiger partial charge in [-0.3, -0.25) is 0 Å². The SMILES string of the molecule is c1ccc2c(c1)Sc1ccccc1N2c1ccc2c(-c3cccc4ccccc34)c3cc(N4c5ccccc5Sc5ccccc54)ccc3c(-c3ccccc3-c3ccc4ccccc4c3)c2c1. The van der Waals surface area contributed by atoms with Gasteiger partial charge in [0.2, 0.25) is 0 Å². The maximum absolute atomic E-state index is 2.47. The summed E-state index contributed by atoms with van der Waals surface area (Å²) in [4.78, 5) is 9.91. The molecule has 2 heterocycles. The van der Waals surface area contributed by atoms with Crippen molar-refractivity contribution in [2.45, 2.75) is 19.6 Å². The zero-order chi connectivity index (χ0) is 44.7. The zero-order valence-corrected chi connectivity index (χ0v) is 38.4. The molecule has 0 radical (unpaired) electrons. The van der Waals surface area contributed by atoms with E-state index in [0.717, 1.165) is 11.4 Å². The van der Waals surface area contributed by atoms with Crippen LogP contribution in [0.15, 0.2) is 262 Å². The van der Waals surface area contributed by atoms with E-state index in [4.69, 9.17) is 0 Å². The topological polar surface area (TPSA) is 6.48 Å². The van der Waals surface area contributed by atoms with Crippen molar-refractivity contribution in [2.24, 2.45) is 0 Å². The second-order valence-corrected chi connectivity index (χ2v) is 19.8. The first-order chi connectivity index (χ1) is 33.7. The van der Waals surface area contributed by atoms with Gasteiger partial charge in [-0.15, -0.1) is 0 Å². The van der Waals surface area contributed by atoms with E-state index in [1.54, 1.807) is 0 Å². The van der Waals surface area contributed by atoms with Gasteiger partial charge in [0, 0.05) is 31.0 Å². The molecule has 0 N–H and O–H groups in total. The Bertz CT molecular complexity index is 3930. The van der Waals surface area contributed by atoms with E-state index in [-0.39, 0.29) is 0 Å². The Kier molecular flexibility index (Phi) is 9.11.